The Labute approximate surface area is 176 Å². The standard InChI is InChI=1S/C24H38O5/c1-17(2)11-8-15-21(25)27-19-13-10-14-20(29-24(5,6)7)23(19)28-22(26)16-9-12-18(3)4/h10,13-14,17-18H,8-9,11-12,15-16H2,1-7H3. The minimum Gasteiger partial charge on any atom is -0.484 e. The summed E-state index contributed by atoms with van der Waals surface area (Å²) in [6, 6.07) is 5.08. The van der Waals surface area contributed by atoms with Gasteiger partial charge in [0.1, 0.15) is 5.60 Å². The van der Waals surface area contributed by atoms with E-state index < -0.39 is 5.60 Å². The smallest absolute Gasteiger partial charge is 0.311 e. The lowest BCUT2D eigenvalue weighted by molar-refractivity contribution is -0.137. The summed E-state index contributed by atoms with van der Waals surface area (Å²) in [5, 5.41) is 0. The van der Waals surface area contributed by atoms with E-state index in [-0.39, 0.29) is 23.4 Å². The fraction of sp³-hybridized carbons (Fsp3) is 0.667. The lowest BCUT2D eigenvalue weighted by Gasteiger charge is -2.23. The predicted molar refractivity (Wildman–Crippen MR) is 115 cm³/mol. The number of benzene rings is 1. The van der Waals surface area contributed by atoms with Gasteiger partial charge in [-0.1, -0.05) is 46.6 Å². The molecule has 0 fully saturated rings. The quantitative estimate of drug-likeness (QED) is 0.317. The van der Waals surface area contributed by atoms with Crippen LogP contribution in [0.25, 0.3) is 0 Å². The molecule has 1 aromatic rings. The predicted octanol–water partition coefficient (Wildman–Crippen LogP) is 6.33. The molecule has 0 aromatic heterocycles. The van der Waals surface area contributed by atoms with Gasteiger partial charge in [0.2, 0.25) is 5.75 Å². The molecule has 0 bridgehead atoms. The topological polar surface area (TPSA) is 61.8 Å². The summed E-state index contributed by atoms with van der Waals surface area (Å²) >= 11 is 0. The van der Waals surface area contributed by atoms with E-state index in [1.165, 1.54) is 0 Å². The molecule has 0 N–H and O–H groups in total. The van der Waals surface area contributed by atoms with Crippen molar-refractivity contribution < 1.29 is 23.8 Å². The van der Waals surface area contributed by atoms with Gasteiger partial charge in [-0.15, -0.1) is 0 Å². The molecule has 0 radical (unpaired) electrons. The van der Waals surface area contributed by atoms with Gasteiger partial charge in [0.05, 0.1) is 0 Å². The van der Waals surface area contributed by atoms with Gasteiger partial charge in [-0.3, -0.25) is 9.59 Å². The summed E-state index contributed by atoms with van der Waals surface area (Å²) in [6.07, 6.45) is 4.06. The molecule has 0 heterocycles. The maximum absolute atomic E-state index is 12.4. The zero-order valence-electron chi connectivity index (χ0n) is 19.2. The van der Waals surface area contributed by atoms with E-state index in [0.29, 0.717) is 30.4 Å². The van der Waals surface area contributed by atoms with Crippen LogP contribution >= 0.6 is 0 Å². The van der Waals surface area contributed by atoms with Crippen molar-refractivity contribution in [2.24, 2.45) is 11.8 Å². The summed E-state index contributed by atoms with van der Waals surface area (Å²) in [6.45, 7) is 14.2. The van der Waals surface area contributed by atoms with Crippen LogP contribution in [0.15, 0.2) is 18.2 Å². The average molecular weight is 407 g/mol. The van der Waals surface area contributed by atoms with Gasteiger partial charge in [-0.25, -0.2) is 0 Å². The van der Waals surface area contributed by atoms with Crippen LogP contribution in [0.4, 0.5) is 0 Å². The highest BCUT2D eigenvalue weighted by molar-refractivity contribution is 5.77. The number of carbonyl (C=O) groups is 2. The Morgan fingerprint density at radius 2 is 1.31 bits per heavy atom. The molecule has 0 saturated heterocycles. The third-order valence-electron chi connectivity index (χ3n) is 4.12. The van der Waals surface area contributed by atoms with Crippen LogP contribution < -0.4 is 14.2 Å². The minimum atomic E-state index is -0.487. The Morgan fingerprint density at radius 1 is 0.828 bits per heavy atom. The summed E-state index contributed by atoms with van der Waals surface area (Å²) in [4.78, 5) is 24.7. The van der Waals surface area contributed by atoms with Crippen molar-refractivity contribution in [2.75, 3.05) is 0 Å². The molecule has 0 saturated carbocycles. The Morgan fingerprint density at radius 3 is 1.79 bits per heavy atom. The number of hydrogen-bond acceptors (Lipinski definition) is 5. The van der Waals surface area contributed by atoms with Crippen molar-refractivity contribution in [1.29, 1.82) is 0 Å². The first-order chi connectivity index (χ1) is 13.5. The minimum absolute atomic E-state index is 0.175. The van der Waals surface area contributed by atoms with Crippen molar-refractivity contribution >= 4 is 11.9 Å². The fourth-order valence-electron chi connectivity index (χ4n) is 2.73. The maximum Gasteiger partial charge on any atom is 0.311 e. The summed E-state index contributed by atoms with van der Waals surface area (Å²) in [5.74, 6) is 1.16. The van der Waals surface area contributed by atoms with Gasteiger partial charge in [0, 0.05) is 12.8 Å². The van der Waals surface area contributed by atoms with E-state index >= 15 is 0 Å². The average Bonchev–Trinajstić information content (AvgIpc) is 2.55. The van der Waals surface area contributed by atoms with Gasteiger partial charge in [0.25, 0.3) is 0 Å². The lowest BCUT2D eigenvalue weighted by atomic mass is 10.1. The molecule has 5 nitrogen and oxygen atoms in total. The highest BCUT2D eigenvalue weighted by atomic mass is 16.6. The zero-order chi connectivity index (χ0) is 22.0. The van der Waals surface area contributed by atoms with Crippen LogP contribution in [0.1, 0.15) is 87.0 Å². The monoisotopic (exact) mass is 406 g/mol. The molecule has 0 spiro atoms. The zero-order valence-corrected chi connectivity index (χ0v) is 19.2. The summed E-state index contributed by atoms with van der Waals surface area (Å²) < 4.78 is 17.1. The third-order valence-corrected chi connectivity index (χ3v) is 4.12. The number of esters is 2. The molecular formula is C24H38O5. The van der Waals surface area contributed by atoms with Gasteiger partial charge >= 0.3 is 11.9 Å². The van der Waals surface area contributed by atoms with Crippen molar-refractivity contribution in [2.45, 2.75) is 92.6 Å². The molecule has 29 heavy (non-hydrogen) atoms. The second-order valence-electron chi connectivity index (χ2n) is 9.32. The van der Waals surface area contributed by atoms with Gasteiger partial charge in [-0.2, -0.15) is 0 Å². The fourth-order valence-corrected chi connectivity index (χ4v) is 2.73. The molecule has 0 aliphatic carbocycles. The van der Waals surface area contributed by atoms with Crippen LogP contribution in [0.3, 0.4) is 0 Å². The molecule has 0 aliphatic rings. The second kappa shape index (κ2) is 11.8. The first-order valence-corrected chi connectivity index (χ1v) is 10.7. The van der Waals surface area contributed by atoms with Crippen LogP contribution in [-0.4, -0.2) is 17.5 Å². The van der Waals surface area contributed by atoms with Crippen LogP contribution in [0.2, 0.25) is 0 Å². The van der Waals surface area contributed by atoms with E-state index in [2.05, 4.69) is 27.7 Å². The summed E-state index contributed by atoms with van der Waals surface area (Å²) in [5.41, 5.74) is -0.487. The highest BCUT2D eigenvalue weighted by Crippen LogP contribution is 2.39. The highest BCUT2D eigenvalue weighted by Gasteiger charge is 2.22. The second-order valence-corrected chi connectivity index (χ2v) is 9.32. The van der Waals surface area contributed by atoms with Gasteiger partial charge in [0.15, 0.2) is 11.5 Å². The van der Waals surface area contributed by atoms with Crippen molar-refractivity contribution in [3.05, 3.63) is 18.2 Å². The number of carbonyl (C=O) groups excluding carboxylic acids is 2. The first kappa shape index (κ1) is 25.0. The van der Waals surface area contributed by atoms with E-state index in [1.54, 1.807) is 18.2 Å². The normalized spacial score (nSPS) is 11.6. The first-order valence-electron chi connectivity index (χ1n) is 10.7. The molecule has 0 amide bonds. The van der Waals surface area contributed by atoms with Gasteiger partial charge < -0.3 is 14.2 Å². The van der Waals surface area contributed by atoms with Crippen molar-refractivity contribution in [1.82, 2.24) is 0 Å². The van der Waals surface area contributed by atoms with E-state index in [0.717, 1.165) is 25.7 Å². The Hall–Kier alpha value is -2.04. The largest absolute Gasteiger partial charge is 0.484 e. The van der Waals surface area contributed by atoms with Gasteiger partial charge in [-0.05, 0) is 57.6 Å². The molecule has 1 rings (SSSR count). The lowest BCUT2D eigenvalue weighted by Crippen LogP contribution is -2.24. The maximum atomic E-state index is 12.4. The van der Waals surface area contributed by atoms with Crippen LogP contribution in [0.5, 0.6) is 17.2 Å². The molecule has 164 valence electrons. The number of para-hydroxylation sites is 1. The number of rotatable bonds is 11. The molecule has 0 atom stereocenters. The molecule has 0 unspecified atom stereocenters. The number of ether oxygens (including phenoxy) is 3. The molecule has 1 aromatic carbocycles. The molecular weight excluding hydrogens is 368 g/mol. The van der Waals surface area contributed by atoms with Crippen molar-refractivity contribution in [3.63, 3.8) is 0 Å². The Bertz CT molecular complexity index is 656. The van der Waals surface area contributed by atoms with E-state index in [4.69, 9.17) is 14.2 Å². The Balaban J connectivity index is 2.94. The summed E-state index contributed by atoms with van der Waals surface area (Å²) in [7, 11) is 0. The van der Waals surface area contributed by atoms with E-state index in [9.17, 15) is 9.59 Å². The Kier molecular flexibility index (Phi) is 10.2. The SMILES string of the molecule is CC(C)CCCC(=O)Oc1cccc(OC(C)(C)C)c1OC(=O)CCCC(C)C. The molecule has 5 heteroatoms. The van der Waals surface area contributed by atoms with Crippen LogP contribution in [-0.2, 0) is 9.59 Å². The third kappa shape index (κ3) is 10.9. The van der Waals surface area contributed by atoms with Crippen LogP contribution in [0, 0.1) is 11.8 Å². The number of hydrogen-bond donors (Lipinski definition) is 0. The molecule has 0 aliphatic heterocycles. The van der Waals surface area contributed by atoms with Crippen molar-refractivity contribution in [3.8, 4) is 17.2 Å². The van der Waals surface area contributed by atoms with E-state index in [1.807, 2.05) is 20.8 Å².